The van der Waals surface area contributed by atoms with Crippen molar-refractivity contribution >= 4 is 11.7 Å². The van der Waals surface area contributed by atoms with Crippen LogP contribution in [0.2, 0.25) is 0 Å². The highest BCUT2D eigenvalue weighted by atomic mass is 16.3. The number of amides is 1. The zero-order chi connectivity index (χ0) is 25.4. The summed E-state index contributed by atoms with van der Waals surface area (Å²) in [5.41, 5.74) is 1.06. The number of rotatable bonds is 15. The van der Waals surface area contributed by atoms with Gasteiger partial charge in [0.25, 0.3) is 0 Å². The third-order valence-electron chi connectivity index (χ3n) is 6.64. The summed E-state index contributed by atoms with van der Waals surface area (Å²) in [6.07, 6.45) is 4.50. The minimum absolute atomic E-state index is 0.0644. The van der Waals surface area contributed by atoms with Crippen LogP contribution in [-0.2, 0) is 11.3 Å². The zero-order valence-corrected chi connectivity index (χ0v) is 21.9. The number of carbonyl (C=O) groups is 1. The number of nitrogens with zero attached hydrogens (tertiary/aromatic N) is 4. The van der Waals surface area contributed by atoms with Crippen molar-refractivity contribution in [1.82, 2.24) is 30.9 Å². The first-order chi connectivity index (χ1) is 15.9. The monoisotopic (exact) mass is 475 g/mol. The van der Waals surface area contributed by atoms with Gasteiger partial charge in [-0.05, 0) is 45.4 Å². The lowest BCUT2D eigenvalue weighted by atomic mass is 9.72. The van der Waals surface area contributed by atoms with Crippen LogP contribution < -0.4 is 16.0 Å². The molecule has 34 heavy (non-hydrogen) atoms. The van der Waals surface area contributed by atoms with Crippen LogP contribution in [0.5, 0.6) is 0 Å². The van der Waals surface area contributed by atoms with Crippen LogP contribution in [0, 0.1) is 23.7 Å². The molecule has 0 aromatic carbocycles. The number of aromatic nitrogens is 3. The third-order valence-corrected chi connectivity index (χ3v) is 6.64. The second-order valence-corrected chi connectivity index (χ2v) is 10.7. The zero-order valence-electron chi connectivity index (χ0n) is 21.9. The number of nitrogens with one attached hydrogen (secondary N) is 3. The minimum atomic E-state index is -0.560. The van der Waals surface area contributed by atoms with Gasteiger partial charge in [-0.25, -0.2) is 0 Å². The van der Waals surface area contributed by atoms with Gasteiger partial charge in [-0.2, -0.15) is 0 Å². The molecule has 1 aromatic heterocycles. The fourth-order valence-electron chi connectivity index (χ4n) is 4.28. The van der Waals surface area contributed by atoms with Crippen molar-refractivity contribution in [3.05, 3.63) is 24.2 Å². The van der Waals surface area contributed by atoms with Gasteiger partial charge in [0.1, 0.15) is 5.84 Å². The van der Waals surface area contributed by atoms with E-state index in [4.69, 9.17) is 0 Å². The van der Waals surface area contributed by atoms with Gasteiger partial charge >= 0.3 is 0 Å². The highest BCUT2D eigenvalue weighted by Crippen LogP contribution is 2.38. The number of hydrogen-bond donors (Lipinski definition) is 4. The van der Waals surface area contributed by atoms with Gasteiger partial charge in [-0.1, -0.05) is 39.5 Å². The van der Waals surface area contributed by atoms with Crippen LogP contribution in [0.3, 0.4) is 0 Å². The largest absolute Gasteiger partial charge is 0.392 e. The molecule has 1 aliphatic heterocycles. The predicted molar refractivity (Wildman–Crippen MR) is 136 cm³/mol. The molecule has 4 N–H and O–H groups in total. The van der Waals surface area contributed by atoms with E-state index in [2.05, 4.69) is 65.5 Å². The van der Waals surface area contributed by atoms with Gasteiger partial charge < -0.3 is 21.1 Å². The summed E-state index contributed by atoms with van der Waals surface area (Å²) in [5, 5.41) is 27.4. The molecule has 3 unspecified atom stereocenters. The summed E-state index contributed by atoms with van der Waals surface area (Å²) in [6.45, 7) is 19.8. The summed E-state index contributed by atoms with van der Waals surface area (Å²) in [6, 6.07) is 0. The number of aryl methyl sites for hydroxylation is 2. The normalized spacial score (nSPS) is 17.3. The van der Waals surface area contributed by atoms with Crippen molar-refractivity contribution in [3.8, 4) is 0 Å². The Morgan fingerprint density at radius 3 is 2.62 bits per heavy atom. The first-order valence-electron chi connectivity index (χ1n) is 12.5. The highest BCUT2D eigenvalue weighted by Gasteiger charge is 2.38. The van der Waals surface area contributed by atoms with Crippen molar-refractivity contribution in [3.63, 3.8) is 0 Å². The molecule has 0 radical (unpaired) electrons. The Labute approximate surface area is 204 Å². The van der Waals surface area contributed by atoms with E-state index < -0.39 is 11.5 Å². The van der Waals surface area contributed by atoms with E-state index in [1.54, 1.807) is 11.6 Å². The Kier molecular flexibility index (Phi) is 10.1. The Balaban J connectivity index is 2.01. The summed E-state index contributed by atoms with van der Waals surface area (Å²) >= 11 is 0. The summed E-state index contributed by atoms with van der Waals surface area (Å²) in [4.78, 5) is 18.1. The Bertz CT molecular complexity index is 846. The van der Waals surface area contributed by atoms with Crippen LogP contribution in [0.4, 0.5) is 0 Å². The Morgan fingerprint density at radius 1 is 1.29 bits per heavy atom. The molecule has 0 saturated heterocycles. The summed E-state index contributed by atoms with van der Waals surface area (Å²) < 4.78 is 1.80. The first kappa shape index (κ1) is 27.8. The number of aliphatic hydroxyl groups excluding tert-OH is 1. The highest BCUT2D eigenvalue weighted by molar-refractivity contribution is 5.89. The van der Waals surface area contributed by atoms with Gasteiger partial charge in [0.15, 0.2) is 0 Å². The quantitative estimate of drug-likeness (QED) is 0.290. The topological polar surface area (TPSA) is 116 Å². The lowest BCUT2D eigenvalue weighted by Crippen LogP contribution is -2.43. The van der Waals surface area contributed by atoms with Gasteiger partial charge in [0, 0.05) is 48.9 Å². The molecule has 0 bridgehead atoms. The molecule has 0 fully saturated rings. The minimum Gasteiger partial charge on any atom is -0.392 e. The van der Waals surface area contributed by atoms with Crippen molar-refractivity contribution in [2.75, 3.05) is 26.2 Å². The standard InChI is InChI=1S/C25H45N7O2/c1-18(21(4)29-16-20(3)33)15-25(7,10-9-24(5,6)22-26-12-13-27-22)23(34)28-11-8-14-32-17-19(2)30-31-32/h17-18,20,29,33H,4,8-16H2,1-3,5-7H3,(H,26,27)(H,28,34). The van der Waals surface area contributed by atoms with E-state index in [-0.39, 0.29) is 17.2 Å². The molecule has 0 aliphatic carbocycles. The van der Waals surface area contributed by atoms with Crippen molar-refractivity contribution in [2.45, 2.75) is 79.9 Å². The fourth-order valence-corrected chi connectivity index (χ4v) is 4.28. The lowest BCUT2D eigenvalue weighted by molar-refractivity contribution is -0.131. The lowest BCUT2D eigenvalue weighted by Gasteiger charge is -2.35. The average Bonchev–Trinajstić information content (AvgIpc) is 3.46. The molecule has 192 valence electrons. The van der Waals surface area contributed by atoms with Gasteiger partial charge in [-0.3, -0.25) is 14.5 Å². The van der Waals surface area contributed by atoms with Crippen molar-refractivity contribution in [2.24, 2.45) is 21.7 Å². The van der Waals surface area contributed by atoms with Gasteiger partial charge in [-0.15, -0.1) is 5.10 Å². The van der Waals surface area contributed by atoms with Crippen LogP contribution in [0.15, 0.2) is 23.5 Å². The summed E-state index contributed by atoms with van der Waals surface area (Å²) in [7, 11) is 0. The molecule has 1 aliphatic rings. The SMILES string of the molecule is C=C(NCC(C)O)C(C)CC(C)(CCC(C)(C)C1=NCCN1)C(=O)NCCCn1cc(C)nn1. The van der Waals surface area contributed by atoms with E-state index in [0.717, 1.165) is 49.6 Å². The first-order valence-corrected chi connectivity index (χ1v) is 12.5. The molecular formula is C25H45N7O2. The number of carbonyl (C=O) groups excluding carboxylic acids is 1. The van der Waals surface area contributed by atoms with E-state index >= 15 is 0 Å². The van der Waals surface area contributed by atoms with E-state index in [1.807, 2.05) is 13.1 Å². The Morgan fingerprint density at radius 2 is 2.03 bits per heavy atom. The summed E-state index contributed by atoms with van der Waals surface area (Å²) in [5.74, 6) is 1.18. The van der Waals surface area contributed by atoms with E-state index in [1.165, 1.54) is 0 Å². The van der Waals surface area contributed by atoms with Crippen LogP contribution >= 0.6 is 0 Å². The van der Waals surface area contributed by atoms with Gasteiger partial charge in [0.2, 0.25) is 5.91 Å². The molecule has 9 heteroatoms. The molecule has 2 rings (SSSR count). The molecule has 1 amide bonds. The van der Waals surface area contributed by atoms with E-state index in [0.29, 0.717) is 26.1 Å². The molecule has 0 saturated carbocycles. The molecule has 1 aromatic rings. The van der Waals surface area contributed by atoms with Gasteiger partial charge in [0.05, 0.1) is 18.3 Å². The predicted octanol–water partition coefficient (Wildman–Crippen LogP) is 2.42. The number of allylic oxidation sites excluding steroid dienone is 1. The van der Waals surface area contributed by atoms with Crippen molar-refractivity contribution in [1.29, 1.82) is 0 Å². The molecule has 9 nitrogen and oxygen atoms in total. The number of hydrogen-bond acceptors (Lipinski definition) is 7. The molecular weight excluding hydrogens is 430 g/mol. The van der Waals surface area contributed by atoms with E-state index in [9.17, 15) is 9.90 Å². The second-order valence-electron chi connectivity index (χ2n) is 10.7. The maximum Gasteiger partial charge on any atom is 0.225 e. The number of aliphatic hydroxyl groups is 1. The fraction of sp³-hybridized carbons (Fsp3) is 0.760. The molecule has 2 heterocycles. The number of amidine groups is 1. The maximum absolute atomic E-state index is 13.5. The third kappa shape index (κ3) is 8.42. The van der Waals surface area contributed by atoms with Crippen molar-refractivity contribution < 1.29 is 9.90 Å². The van der Waals surface area contributed by atoms with Crippen LogP contribution in [-0.4, -0.2) is 64.1 Å². The molecule has 0 spiro atoms. The van der Waals surface area contributed by atoms with Crippen LogP contribution in [0.1, 0.15) is 66.0 Å². The smallest absolute Gasteiger partial charge is 0.225 e. The molecule has 3 atom stereocenters. The van der Waals surface area contributed by atoms with Crippen LogP contribution in [0.25, 0.3) is 0 Å². The maximum atomic E-state index is 13.5. The Hall–Kier alpha value is -2.42. The average molecular weight is 476 g/mol. The number of aliphatic imine (C=N–C) groups is 1. The second kappa shape index (κ2) is 12.3.